The number of benzene rings is 2. The van der Waals surface area contributed by atoms with Gasteiger partial charge in [-0.15, -0.1) is 5.10 Å². The Morgan fingerprint density at radius 3 is 2.70 bits per heavy atom. The van der Waals surface area contributed by atoms with Gasteiger partial charge in [0.25, 0.3) is 0 Å². The normalized spacial score (nSPS) is 11.5. The summed E-state index contributed by atoms with van der Waals surface area (Å²) in [6.45, 7) is 2.00. The number of fused-ring (bicyclic) bond motifs is 3. The molecule has 0 saturated carbocycles. The zero-order chi connectivity index (χ0) is 18.5. The SMILES string of the molecule is Cc1ccc(Cl)cc1-n1ncc2c1ncn1nc(-c3ccccc3Cl)nc21. The van der Waals surface area contributed by atoms with Crippen molar-refractivity contribution >= 4 is 39.9 Å². The van der Waals surface area contributed by atoms with Gasteiger partial charge < -0.3 is 0 Å². The second-order valence-electron chi connectivity index (χ2n) is 6.15. The lowest BCUT2D eigenvalue weighted by Crippen LogP contribution is -2.01. The Balaban J connectivity index is 1.74. The minimum absolute atomic E-state index is 0.543. The van der Waals surface area contributed by atoms with Crippen LogP contribution in [0.15, 0.2) is 55.0 Å². The van der Waals surface area contributed by atoms with Crippen LogP contribution in [0.4, 0.5) is 0 Å². The zero-order valence-corrected chi connectivity index (χ0v) is 15.6. The molecule has 0 spiro atoms. The Morgan fingerprint density at radius 1 is 1.00 bits per heavy atom. The van der Waals surface area contributed by atoms with Crippen molar-refractivity contribution in [3.8, 4) is 17.1 Å². The molecule has 0 fully saturated rings. The van der Waals surface area contributed by atoms with Crippen LogP contribution in [-0.4, -0.2) is 29.4 Å². The van der Waals surface area contributed by atoms with E-state index in [1.807, 2.05) is 49.4 Å². The number of hydrogen-bond acceptors (Lipinski definition) is 4. The second kappa shape index (κ2) is 6.04. The Hall–Kier alpha value is -2.96. The smallest absolute Gasteiger partial charge is 0.183 e. The van der Waals surface area contributed by atoms with E-state index in [1.165, 1.54) is 0 Å². The van der Waals surface area contributed by atoms with E-state index in [0.29, 0.717) is 27.2 Å². The Bertz CT molecular complexity index is 1320. The fraction of sp³-hybridized carbons (Fsp3) is 0.0526. The summed E-state index contributed by atoms with van der Waals surface area (Å²) < 4.78 is 3.40. The van der Waals surface area contributed by atoms with Gasteiger partial charge in [0.15, 0.2) is 17.1 Å². The minimum Gasteiger partial charge on any atom is -0.216 e. The highest BCUT2D eigenvalue weighted by molar-refractivity contribution is 6.33. The summed E-state index contributed by atoms with van der Waals surface area (Å²) >= 11 is 12.5. The molecule has 5 aromatic rings. The lowest BCUT2D eigenvalue weighted by Gasteiger charge is -2.07. The highest BCUT2D eigenvalue weighted by Crippen LogP contribution is 2.28. The lowest BCUT2D eigenvalue weighted by atomic mass is 10.2. The van der Waals surface area contributed by atoms with E-state index < -0.39 is 0 Å². The molecule has 0 radical (unpaired) electrons. The molecule has 0 N–H and O–H groups in total. The van der Waals surface area contributed by atoms with Crippen LogP contribution in [-0.2, 0) is 0 Å². The van der Waals surface area contributed by atoms with Crippen molar-refractivity contribution in [2.24, 2.45) is 0 Å². The van der Waals surface area contributed by atoms with Crippen LogP contribution in [0.1, 0.15) is 5.56 Å². The molecule has 0 aliphatic rings. The maximum Gasteiger partial charge on any atom is 0.183 e. The van der Waals surface area contributed by atoms with Crippen molar-refractivity contribution in [2.45, 2.75) is 6.92 Å². The van der Waals surface area contributed by atoms with Crippen LogP contribution in [0.3, 0.4) is 0 Å². The molecule has 2 aromatic carbocycles. The van der Waals surface area contributed by atoms with Crippen molar-refractivity contribution in [1.82, 2.24) is 29.4 Å². The first-order valence-electron chi connectivity index (χ1n) is 8.22. The third-order valence-corrected chi connectivity index (χ3v) is 4.98. The van der Waals surface area contributed by atoms with Crippen molar-refractivity contribution in [1.29, 1.82) is 0 Å². The third kappa shape index (κ3) is 2.57. The minimum atomic E-state index is 0.543. The van der Waals surface area contributed by atoms with Crippen molar-refractivity contribution in [3.63, 3.8) is 0 Å². The number of aromatic nitrogens is 6. The standard InChI is InChI=1S/C19H12Cl2N6/c1-11-6-7-12(20)8-16(11)27-18-14(9-23-27)19-24-17(25-26(19)10-22-18)13-4-2-3-5-15(13)21/h2-10H,1H3. The highest BCUT2D eigenvalue weighted by Gasteiger charge is 2.16. The number of aryl methyl sites for hydroxylation is 1. The number of rotatable bonds is 2. The number of nitrogens with zero attached hydrogens (tertiary/aromatic N) is 6. The van der Waals surface area contributed by atoms with E-state index in [4.69, 9.17) is 23.2 Å². The second-order valence-corrected chi connectivity index (χ2v) is 7.00. The first-order valence-corrected chi connectivity index (χ1v) is 8.98. The third-order valence-electron chi connectivity index (χ3n) is 4.42. The average Bonchev–Trinajstić information content (AvgIpc) is 3.27. The predicted molar refractivity (Wildman–Crippen MR) is 106 cm³/mol. The van der Waals surface area contributed by atoms with Crippen LogP contribution in [0.2, 0.25) is 10.0 Å². The summed E-state index contributed by atoms with van der Waals surface area (Å²) in [7, 11) is 0. The van der Waals surface area contributed by atoms with Gasteiger partial charge in [-0.1, -0.05) is 41.4 Å². The van der Waals surface area contributed by atoms with Gasteiger partial charge in [-0.3, -0.25) is 0 Å². The molecule has 0 aliphatic carbocycles. The average molecular weight is 395 g/mol. The first-order chi connectivity index (χ1) is 13.1. The van der Waals surface area contributed by atoms with Crippen molar-refractivity contribution in [3.05, 3.63) is 70.6 Å². The molecule has 8 heteroatoms. The van der Waals surface area contributed by atoms with E-state index in [-0.39, 0.29) is 0 Å². The molecule has 3 aromatic heterocycles. The quantitative estimate of drug-likeness (QED) is 0.433. The molecule has 132 valence electrons. The van der Waals surface area contributed by atoms with E-state index >= 15 is 0 Å². The van der Waals surface area contributed by atoms with E-state index in [1.54, 1.807) is 21.7 Å². The zero-order valence-electron chi connectivity index (χ0n) is 14.1. The van der Waals surface area contributed by atoms with Gasteiger partial charge in [-0.2, -0.15) is 5.10 Å². The van der Waals surface area contributed by atoms with Crippen LogP contribution in [0.5, 0.6) is 0 Å². The molecule has 0 amide bonds. The first kappa shape index (κ1) is 16.2. The molecule has 0 atom stereocenters. The summed E-state index contributed by atoms with van der Waals surface area (Å²) in [5, 5.41) is 11.1. The van der Waals surface area contributed by atoms with Gasteiger partial charge in [-0.05, 0) is 36.8 Å². The predicted octanol–water partition coefficient (Wildman–Crippen LogP) is 4.75. The monoisotopic (exact) mass is 394 g/mol. The molecular formula is C19H12Cl2N6. The Labute approximate surface area is 164 Å². The fourth-order valence-electron chi connectivity index (χ4n) is 3.06. The Kier molecular flexibility index (Phi) is 3.63. The lowest BCUT2D eigenvalue weighted by molar-refractivity contribution is 0.876. The van der Waals surface area contributed by atoms with Gasteiger partial charge in [0.1, 0.15) is 6.33 Å². The Morgan fingerprint density at radius 2 is 1.85 bits per heavy atom. The van der Waals surface area contributed by atoms with Gasteiger partial charge in [0.05, 0.1) is 22.3 Å². The van der Waals surface area contributed by atoms with Crippen LogP contribution in [0, 0.1) is 6.92 Å². The molecule has 27 heavy (non-hydrogen) atoms. The molecular weight excluding hydrogens is 383 g/mol. The molecule has 5 rings (SSSR count). The maximum absolute atomic E-state index is 6.29. The van der Waals surface area contributed by atoms with Crippen LogP contribution < -0.4 is 0 Å². The summed E-state index contributed by atoms with van der Waals surface area (Å²) in [5.74, 6) is 0.543. The molecule has 0 aliphatic heterocycles. The van der Waals surface area contributed by atoms with E-state index in [0.717, 1.165) is 22.2 Å². The van der Waals surface area contributed by atoms with Crippen molar-refractivity contribution in [2.75, 3.05) is 0 Å². The van der Waals surface area contributed by atoms with E-state index in [2.05, 4.69) is 20.2 Å². The summed E-state index contributed by atoms with van der Waals surface area (Å²) in [5.41, 5.74) is 4.05. The maximum atomic E-state index is 6.29. The molecule has 0 bridgehead atoms. The summed E-state index contributed by atoms with van der Waals surface area (Å²) in [6, 6.07) is 13.2. The topological polar surface area (TPSA) is 60.9 Å². The van der Waals surface area contributed by atoms with Gasteiger partial charge in [0.2, 0.25) is 0 Å². The summed E-state index contributed by atoms with van der Waals surface area (Å²) in [4.78, 5) is 9.20. The highest BCUT2D eigenvalue weighted by atomic mass is 35.5. The molecule has 0 unspecified atom stereocenters. The molecule has 6 nitrogen and oxygen atoms in total. The number of hydrogen-bond donors (Lipinski definition) is 0. The van der Waals surface area contributed by atoms with Crippen LogP contribution >= 0.6 is 23.2 Å². The van der Waals surface area contributed by atoms with Gasteiger partial charge in [0, 0.05) is 10.6 Å². The van der Waals surface area contributed by atoms with Crippen LogP contribution in [0.25, 0.3) is 33.8 Å². The molecule has 3 heterocycles. The van der Waals surface area contributed by atoms with Gasteiger partial charge >= 0.3 is 0 Å². The largest absolute Gasteiger partial charge is 0.216 e. The number of halogens is 2. The van der Waals surface area contributed by atoms with Crippen molar-refractivity contribution < 1.29 is 0 Å². The summed E-state index contributed by atoms with van der Waals surface area (Å²) in [6.07, 6.45) is 3.37. The van der Waals surface area contributed by atoms with E-state index in [9.17, 15) is 0 Å². The van der Waals surface area contributed by atoms with Gasteiger partial charge in [-0.25, -0.2) is 19.2 Å². The molecule has 0 saturated heterocycles. The fourth-order valence-corrected chi connectivity index (χ4v) is 3.45.